The standard InChI is InChI=1S/C23H31NO6/c1-15(5-7-20(25)29-13-10-24-8-11-28-12-9-24)4-6-18-16(2)17(3)19-14-30-23(27)21(19)22(18)26/h4,26H,5-14H2,1-3H3/b15-4+. The zero-order valence-corrected chi connectivity index (χ0v) is 18.1. The third kappa shape index (κ3) is 5.21. The van der Waals surface area contributed by atoms with Crippen LogP contribution >= 0.6 is 0 Å². The van der Waals surface area contributed by atoms with Crippen molar-refractivity contribution in [3.63, 3.8) is 0 Å². The van der Waals surface area contributed by atoms with Crippen LogP contribution in [0, 0.1) is 13.8 Å². The van der Waals surface area contributed by atoms with Gasteiger partial charge in [0.25, 0.3) is 0 Å². The summed E-state index contributed by atoms with van der Waals surface area (Å²) in [5.74, 6) is -0.652. The van der Waals surface area contributed by atoms with Gasteiger partial charge in [-0.2, -0.15) is 0 Å². The van der Waals surface area contributed by atoms with Crippen LogP contribution in [0.3, 0.4) is 0 Å². The number of cyclic esters (lactones) is 1. The van der Waals surface area contributed by atoms with Gasteiger partial charge >= 0.3 is 11.9 Å². The van der Waals surface area contributed by atoms with Crippen LogP contribution in [-0.2, 0) is 32.0 Å². The van der Waals surface area contributed by atoms with Crippen molar-refractivity contribution in [3.05, 3.63) is 39.5 Å². The van der Waals surface area contributed by atoms with Gasteiger partial charge < -0.3 is 19.3 Å². The van der Waals surface area contributed by atoms with Gasteiger partial charge in [-0.1, -0.05) is 11.6 Å². The van der Waals surface area contributed by atoms with Gasteiger partial charge in [0.15, 0.2) is 0 Å². The van der Waals surface area contributed by atoms with Crippen LogP contribution < -0.4 is 0 Å². The Bertz CT molecular complexity index is 839. The van der Waals surface area contributed by atoms with E-state index >= 15 is 0 Å². The smallest absolute Gasteiger partial charge is 0.342 e. The number of hydrogen-bond acceptors (Lipinski definition) is 7. The largest absolute Gasteiger partial charge is 0.507 e. The minimum atomic E-state index is -0.465. The molecule has 0 spiro atoms. The molecule has 3 rings (SSSR count). The van der Waals surface area contributed by atoms with Crippen molar-refractivity contribution in [3.8, 4) is 5.75 Å². The highest BCUT2D eigenvalue weighted by molar-refractivity contribution is 5.97. The van der Waals surface area contributed by atoms with Gasteiger partial charge in [0.2, 0.25) is 0 Å². The molecule has 2 heterocycles. The number of allylic oxidation sites excluding steroid dienone is 2. The van der Waals surface area contributed by atoms with Crippen molar-refractivity contribution < 1.29 is 28.9 Å². The van der Waals surface area contributed by atoms with Gasteiger partial charge in [-0.15, -0.1) is 0 Å². The summed E-state index contributed by atoms with van der Waals surface area (Å²) in [6, 6.07) is 0. The molecule has 0 aliphatic carbocycles. The Kier molecular flexibility index (Phi) is 7.50. The van der Waals surface area contributed by atoms with E-state index in [1.165, 1.54) is 0 Å². The molecule has 1 saturated heterocycles. The number of nitrogens with zero attached hydrogens (tertiary/aromatic N) is 1. The maximum absolute atomic E-state index is 12.0. The molecule has 0 bridgehead atoms. The molecule has 164 valence electrons. The lowest BCUT2D eigenvalue weighted by molar-refractivity contribution is -0.144. The van der Waals surface area contributed by atoms with E-state index in [0.29, 0.717) is 31.4 Å². The van der Waals surface area contributed by atoms with Gasteiger partial charge in [0.1, 0.15) is 24.5 Å². The number of esters is 2. The minimum Gasteiger partial charge on any atom is -0.507 e. The molecular formula is C23H31NO6. The normalized spacial score (nSPS) is 17.0. The summed E-state index contributed by atoms with van der Waals surface area (Å²) in [7, 11) is 0. The van der Waals surface area contributed by atoms with Gasteiger partial charge in [0.05, 0.1) is 13.2 Å². The molecule has 1 aromatic carbocycles. The van der Waals surface area contributed by atoms with Crippen LogP contribution in [0.2, 0.25) is 0 Å². The first-order valence-corrected chi connectivity index (χ1v) is 10.5. The number of fused-ring (bicyclic) bond motifs is 1. The monoisotopic (exact) mass is 417 g/mol. The van der Waals surface area contributed by atoms with Crippen LogP contribution in [0.25, 0.3) is 0 Å². The van der Waals surface area contributed by atoms with Gasteiger partial charge in [-0.25, -0.2) is 4.79 Å². The summed E-state index contributed by atoms with van der Waals surface area (Å²) < 4.78 is 15.7. The highest BCUT2D eigenvalue weighted by Crippen LogP contribution is 2.37. The predicted molar refractivity (Wildman–Crippen MR) is 112 cm³/mol. The third-order valence-corrected chi connectivity index (χ3v) is 6.00. The number of carbonyl (C=O) groups is 2. The van der Waals surface area contributed by atoms with Crippen LogP contribution in [0.5, 0.6) is 5.75 Å². The van der Waals surface area contributed by atoms with Crippen molar-refractivity contribution >= 4 is 11.9 Å². The molecule has 2 aliphatic rings. The molecule has 30 heavy (non-hydrogen) atoms. The lowest BCUT2D eigenvalue weighted by atomic mass is 9.91. The lowest BCUT2D eigenvalue weighted by Crippen LogP contribution is -2.38. The first-order chi connectivity index (χ1) is 14.4. The first kappa shape index (κ1) is 22.3. The van der Waals surface area contributed by atoms with Gasteiger partial charge in [-0.05, 0) is 44.7 Å². The Morgan fingerprint density at radius 3 is 2.67 bits per heavy atom. The number of morpholine rings is 1. The Labute approximate surface area is 177 Å². The molecule has 2 aliphatic heterocycles. The van der Waals surface area contributed by atoms with E-state index in [1.807, 2.05) is 26.8 Å². The minimum absolute atomic E-state index is 0.0159. The number of phenols is 1. The molecule has 1 aromatic rings. The van der Waals surface area contributed by atoms with E-state index in [2.05, 4.69) is 4.90 Å². The van der Waals surface area contributed by atoms with E-state index in [1.54, 1.807) is 0 Å². The van der Waals surface area contributed by atoms with Gasteiger partial charge in [0, 0.05) is 37.2 Å². The van der Waals surface area contributed by atoms with E-state index in [9.17, 15) is 14.7 Å². The number of aromatic hydroxyl groups is 1. The van der Waals surface area contributed by atoms with Gasteiger partial charge in [-0.3, -0.25) is 9.69 Å². The third-order valence-electron chi connectivity index (χ3n) is 6.00. The molecule has 0 saturated carbocycles. The number of carbonyl (C=O) groups excluding carboxylic acids is 2. The fourth-order valence-electron chi connectivity index (χ4n) is 3.83. The zero-order chi connectivity index (χ0) is 21.7. The number of ether oxygens (including phenoxy) is 3. The summed E-state index contributed by atoms with van der Waals surface area (Å²) in [6.07, 6.45) is 3.42. The fraction of sp³-hybridized carbons (Fsp3) is 0.565. The summed E-state index contributed by atoms with van der Waals surface area (Å²) >= 11 is 0. The lowest BCUT2D eigenvalue weighted by Gasteiger charge is -2.26. The van der Waals surface area contributed by atoms with Crippen molar-refractivity contribution in [1.82, 2.24) is 4.90 Å². The molecule has 0 radical (unpaired) electrons. The van der Waals surface area contributed by atoms with Crippen molar-refractivity contribution in [2.75, 3.05) is 39.5 Å². The van der Waals surface area contributed by atoms with Crippen LogP contribution in [0.4, 0.5) is 0 Å². The second-order valence-corrected chi connectivity index (χ2v) is 7.94. The maximum Gasteiger partial charge on any atom is 0.342 e. The molecule has 7 nitrogen and oxygen atoms in total. The highest BCUT2D eigenvalue weighted by atomic mass is 16.5. The Balaban J connectivity index is 1.49. The molecule has 1 N–H and O–H groups in total. The summed E-state index contributed by atoms with van der Waals surface area (Å²) in [5, 5.41) is 10.6. The topological polar surface area (TPSA) is 85.3 Å². The maximum atomic E-state index is 12.0. The molecule has 0 amide bonds. The Hall–Kier alpha value is -2.38. The number of benzene rings is 1. The quantitative estimate of drug-likeness (QED) is 0.514. The van der Waals surface area contributed by atoms with E-state index < -0.39 is 5.97 Å². The summed E-state index contributed by atoms with van der Waals surface area (Å²) in [6.45, 7) is 10.4. The predicted octanol–water partition coefficient (Wildman–Crippen LogP) is 2.82. The fourth-order valence-corrected chi connectivity index (χ4v) is 3.83. The van der Waals surface area contributed by atoms with Crippen LogP contribution in [-0.4, -0.2) is 61.4 Å². The SMILES string of the molecule is C/C(=C\Cc1c(C)c(C)c2c(c1O)C(=O)OC2)CCC(=O)OCCN1CCOCC1. The zero-order valence-electron chi connectivity index (χ0n) is 18.1. The Morgan fingerprint density at radius 2 is 1.93 bits per heavy atom. The van der Waals surface area contributed by atoms with Crippen LogP contribution in [0.15, 0.2) is 11.6 Å². The summed E-state index contributed by atoms with van der Waals surface area (Å²) in [4.78, 5) is 26.2. The van der Waals surface area contributed by atoms with E-state index in [-0.39, 0.29) is 18.3 Å². The van der Waals surface area contributed by atoms with E-state index in [0.717, 1.165) is 60.7 Å². The molecule has 0 atom stereocenters. The first-order valence-electron chi connectivity index (χ1n) is 10.5. The number of phenolic OH excluding ortho intramolecular Hbond substituents is 1. The average molecular weight is 418 g/mol. The van der Waals surface area contributed by atoms with Crippen molar-refractivity contribution in [2.45, 2.75) is 46.6 Å². The number of rotatable bonds is 8. The molecule has 0 aromatic heterocycles. The Morgan fingerprint density at radius 1 is 1.20 bits per heavy atom. The average Bonchev–Trinajstić information content (AvgIpc) is 3.13. The highest BCUT2D eigenvalue weighted by Gasteiger charge is 2.30. The molecule has 7 heteroatoms. The summed E-state index contributed by atoms with van der Waals surface area (Å²) in [5.41, 5.74) is 4.80. The van der Waals surface area contributed by atoms with Crippen molar-refractivity contribution in [1.29, 1.82) is 0 Å². The molecule has 1 fully saturated rings. The molecular weight excluding hydrogens is 386 g/mol. The number of hydrogen-bond donors (Lipinski definition) is 1. The van der Waals surface area contributed by atoms with Crippen molar-refractivity contribution in [2.24, 2.45) is 0 Å². The second-order valence-electron chi connectivity index (χ2n) is 7.94. The van der Waals surface area contributed by atoms with E-state index in [4.69, 9.17) is 14.2 Å². The molecule has 0 unspecified atom stereocenters. The second kappa shape index (κ2) is 10.1. The van der Waals surface area contributed by atoms with Crippen LogP contribution in [0.1, 0.15) is 52.4 Å².